The van der Waals surface area contributed by atoms with Crippen LogP contribution in [0.5, 0.6) is 11.5 Å². The zero-order valence-electron chi connectivity index (χ0n) is 16.3. The summed E-state index contributed by atoms with van der Waals surface area (Å²) in [4.78, 5) is 5.56. The van der Waals surface area contributed by atoms with Gasteiger partial charge in [0, 0.05) is 19.7 Å². The minimum absolute atomic E-state index is 0.0847. The van der Waals surface area contributed by atoms with Crippen LogP contribution in [0.25, 0.3) is 0 Å². The van der Waals surface area contributed by atoms with E-state index >= 15 is 0 Å². The standard InChI is InChI=1S/C20H26N2O5S/c1-22-20(16-11-17(25-2)13-18(12-16)26-3)19(14-27-22)28(23,24)21-10-9-15-7-5-4-6-8-15/h4-8,11-13,19-21H,9-10,14H2,1-3H3/t19-,20+/m0/s1. The maximum atomic E-state index is 13.0. The average Bonchev–Trinajstić information content (AvgIpc) is 3.10. The molecule has 2 atom stereocenters. The van der Waals surface area contributed by atoms with Crippen molar-refractivity contribution < 1.29 is 22.7 Å². The van der Waals surface area contributed by atoms with Gasteiger partial charge in [-0.15, -0.1) is 0 Å². The summed E-state index contributed by atoms with van der Waals surface area (Å²) < 4.78 is 39.3. The van der Waals surface area contributed by atoms with Crippen molar-refractivity contribution in [2.24, 2.45) is 0 Å². The zero-order chi connectivity index (χ0) is 20.1. The summed E-state index contributed by atoms with van der Waals surface area (Å²) >= 11 is 0. The predicted molar refractivity (Wildman–Crippen MR) is 107 cm³/mol. The van der Waals surface area contributed by atoms with Crippen molar-refractivity contribution in [1.29, 1.82) is 0 Å². The molecule has 1 heterocycles. The van der Waals surface area contributed by atoms with Gasteiger partial charge in [-0.25, -0.2) is 13.1 Å². The number of nitrogens with one attached hydrogen (secondary N) is 1. The first kappa shape index (κ1) is 20.6. The van der Waals surface area contributed by atoms with Gasteiger partial charge >= 0.3 is 0 Å². The van der Waals surface area contributed by atoms with Crippen LogP contribution in [0.2, 0.25) is 0 Å². The van der Waals surface area contributed by atoms with Crippen LogP contribution in [0.1, 0.15) is 17.2 Å². The molecule has 1 fully saturated rings. The van der Waals surface area contributed by atoms with Crippen molar-refractivity contribution in [2.45, 2.75) is 17.7 Å². The summed E-state index contributed by atoms with van der Waals surface area (Å²) in [6, 6.07) is 14.7. The first-order valence-corrected chi connectivity index (χ1v) is 10.6. The van der Waals surface area contributed by atoms with E-state index in [2.05, 4.69) is 4.72 Å². The molecule has 0 saturated carbocycles. The molecule has 0 amide bonds. The van der Waals surface area contributed by atoms with Gasteiger partial charge in [-0.1, -0.05) is 30.3 Å². The third-order valence-corrected chi connectivity index (χ3v) is 6.66. The van der Waals surface area contributed by atoms with Gasteiger partial charge in [0.05, 0.1) is 26.9 Å². The lowest BCUT2D eigenvalue weighted by Gasteiger charge is -2.24. The molecule has 7 nitrogen and oxygen atoms in total. The van der Waals surface area contributed by atoms with Gasteiger partial charge in [-0.05, 0) is 29.7 Å². The van der Waals surface area contributed by atoms with Crippen molar-refractivity contribution in [3.8, 4) is 11.5 Å². The Morgan fingerprint density at radius 2 is 1.75 bits per heavy atom. The summed E-state index contributed by atoms with van der Waals surface area (Å²) in [6.45, 7) is 0.419. The van der Waals surface area contributed by atoms with Gasteiger partial charge in [0.25, 0.3) is 0 Å². The molecule has 1 aliphatic heterocycles. The highest BCUT2D eigenvalue weighted by Crippen LogP contribution is 2.36. The molecule has 2 aromatic carbocycles. The molecule has 28 heavy (non-hydrogen) atoms. The predicted octanol–water partition coefficient (Wildman–Crippen LogP) is 2.15. The fraction of sp³-hybridized carbons (Fsp3) is 0.400. The molecule has 152 valence electrons. The lowest BCUT2D eigenvalue weighted by Crippen LogP contribution is -2.40. The Balaban J connectivity index is 1.78. The van der Waals surface area contributed by atoms with E-state index < -0.39 is 21.3 Å². The molecule has 0 radical (unpaired) electrons. The van der Waals surface area contributed by atoms with Gasteiger partial charge in [0.2, 0.25) is 10.0 Å². The number of benzene rings is 2. The highest BCUT2D eigenvalue weighted by Gasteiger charge is 2.43. The molecule has 0 spiro atoms. The van der Waals surface area contributed by atoms with Crippen LogP contribution in [-0.2, 0) is 21.3 Å². The Bertz CT molecular complexity index is 866. The highest BCUT2D eigenvalue weighted by atomic mass is 32.2. The van der Waals surface area contributed by atoms with Crippen molar-refractivity contribution in [2.75, 3.05) is 34.4 Å². The number of nitrogens with zero attached hydrogens (tertiary/aromatic N) is 1. The molecular formula is C20H26N2O5S. The van der Waals surface area contributed by atoms with Crippen LogP contribution in [-0.4, -0.2) is 53.1 Å². The van der Waals surface area contributed by atoms with Crippen LogP contribution < -0.4 is 14.2 Å². The van der Waals surface area contributed by atoms with E-state index in [4.69, 9.17) is 14.3 Å². The lowest BCUT2D eigenvalue weighted by molar-refractivity contribution is -0.110. The van der Waals surface area contributed by atoms with Crippen LogP contribution >= 0.6 is 0 Å². The van der Waals surface area contributed by atoms with E-state index in [0.29, 0.717) is 24.5 Å². The number of hydroxylamine groups is 2. The Morgan fingerprint density at radius 3 is 2.36 bits per heavy atom. The van der Waals surface area contributed by atoms with Crippen LogP contribution in [0.3, 0.4) is 0 Å². The number of hydrogen-bond donors (Lipinski definition) is 1. The van der Waals surface area contributed by atoms with Gasteiger partial charge < -0.3 is 9.47 Å². The fourth-order valence-electron chi connectivity index (χ4n) is 3.37. The van der Waals surface area contributed by atoms with Crippen molar-refractivity contribution in [3.05, 3.63) is 59.7 Å². The molecule has 0 aliphatic carbocycles. The van der Waals surface area contributed by atoms with Crippen molar-refractivity contribution >= 4 is 10.0 Å². The Labute approximate surface area is 166 Å². The first-order chi connectivity index (χ1) is 13.4. The second-order valence-corrected chi connectivity index (χ2v) is 8.63. The molecule has 0 unspecified atom stereocenters. The number of sulfonamides is 1. The highest BCUT2D eigenvalue weighted by molar-refractivity contribution is 7.90. The molecule has 1 N–H and O–H groups in total. The Morgan fingerprint density at radius 1 is 1.11 bits per heavy atom. The summed E-state index contributed by atoms with van der Waals surface area (Å²) in [7, 11) is 1.26. The second-order valence-electron chi connectivity index (χ2n) is 6.65. The van der Waals surface area contributed by atoms with Crippen molar-refractivity contribution in [1.82, 2.24) is 9.79 Å². The third kappa shape index (κ3) is 4.64. The minimum Gasteiger partial charge on any atom is -0.497 e. The third-order valence-electron chi connectivity index (χ3n) is 4.86. The van der Waals surface area contributed by atoms with E-state index in [9.17, 15) is 8.42 Å². The van der Waals surface area contributed by atoms with Gasteiger partial charge in [0.1, 0.15) is 16.7 Å². The number of ether oxygens (including phenoxy) is 2. The van der Waals surface area contributed by atoms with E-state index in [1.807, 2.05) is 42.5 Å². The largest absolute Gasteiger partial charge is 0.497 e. The number of methoxy groups -OCH3 is 2. The fourth-order valence-corrected chi connectivity index (χ4v) is 4.88. The summed E-state index contributed by atoms with van der Waals surface area (Å²) in [5.41, 5.74) is 1.84. The SMILES string of the molecule is COc1cc(OC)cc([C@@H]2[C@@H](S(=O)(=O)NCCc3ccccc3)CON2C)c1. The second kappa shape index (κ2) is 8.91. The molecule has 0 aromatic heterocycles. The maximum absolute atomic E-state index is 13.0. The van der Waals surface area contributed by atoms with Gasteiger partial charge in [-0.3, -0.25) is 4.84 Å². The molecule has 1 saturated heterocycles. The number of rotatable bonds is 8. The van der Waals surface area contributed by atoms with Gasteiger partial charge in [0.15, 0.2) is 0 Å². The van der Waals surface area contributed by atoms with Crippen molar-refractivity contribution in [3.63, 3.8) is 0 Å². The van der Waals surface area contributed by atoms with Crippen LogP contribution in [0.4, 0.5) is 0 Å². The van der Waals surface area contributed by atoms with Gasteiger partial charge in [-0.2, -0.15) is 5.06 Å². The molecule has 2 aromatic rings. The summed E-state index contributed by atoms with van der Waals surface area (Å²) in [5.74, 6) is 1.20. The molecular weight excluding hydrogens is 380 g/mol. The summed E-state index contributed by atoms with van der Waals surface area (Å²) in [5, 5.41) is 0.833. The minimum atomic E-state index is -3.60. The van der Waals surface area contributed by atoms with Crippen LogP contribution in [0.15, 0.2) is 48.5 Å². The molecule has 8 heteroatoms. The quantitative estimate of drug-likeness (QED) is 0.724. The number of hydrogen-bond acceptors (Lipinski definition) is 6. The zero-order valence-corrected chi connectivity index (χ0v) is 17.1. The van der Waals surface area contributed by atoms with E-state index in [-0.39, 0.29) is 6.61 Å². The van der Waals surface area contributed by atoms with E-state index in [1.54, 1.807) is 32.4 Å². The molecule has 1 aliphatic rings. The smallest absolute Gasteiger partial charge is 0.218 e. The topological polar surface area (TPSA) is 77.1 Å². The monoisotopic (exact) mass is 406 g/mol. The normalized spacial score (nSPS) is 20.2. The maximum Gasteiger partial charge on any atom is 0.218 e. The first-order valence-electron chi connectivity index (χ1n) is 9.05. The summed E-state index contributed by atoms with van der Waals surface area (Å²) in [6.07, 6.45) is 0.626. The molecule has 3 rings (SSSR count). The van der Waals surface area contributed by atoms with E-state index in [0.717, 1.165) is 11.1 Å². The van der Waals surface area contributed by atoms with Crippen LogP contribution in [0, 0.1) is 0 Å². The Hall–Kier alpha value is -2.13. The molecule has 0 bridgehead atoms. The Kier molecular flexibility index (Phi) is 6.56. The van der Waals surface area contributed by atoms with E-state index in [1.165, 1.54) is 0 Å². The average molecular weight is 407 g/mol. The lowest BCUT2D eigenvalue weighted by atomic mass is 10.0.